The molecule has 6 heteroatoms. The molecule has 2 heterocycles. The molecule has 0 amide bonds. The lowest BCUT2D eigenvalue weighted by Crippen LogP contribution is -2.24. The van der Waals surface area contributed by atoms with Crippen LogP contribution in [0.2, 0.25) is 0 Å². The highest BCUT2D eigenvalue weighted by atomic mass is 16.5. The lowest BCUT2D eigenvalue weighted by molar-refractivity contribution is -0.255. The van der Waals surface area contributed by atoms with Gasteiger partial charge in [0.25, 0.3) is 0 Å². The number of carboxylic acids is 1. The minimum absolute atomic E-state index is 0.164. The van der Waals surface area contributed by atoms with E-state index in [9.17, 15) is 9.90 Å². The van der Waals surface area contributed by atoms with E-state index in [0.717, 1.165) is 0 Å². The molecule has 6 nitrogen and oxygen atoms in total. The molecule has 0 aliphatic rings. The van der Waals surface area contributed by atoms with Crippen LogP contribution < -0.4 is 5.11 Å². The van der Waals surface area contributed by atoms with Crippen LogP contribution in [0.4, 0.5) is 0 Å². The number of carboxylic acid groups (broad SMARTS) is 1. The van der Waals surface area contributed by atoms with Crippen molar-refractivity contribution in [3.63, 3.8) is 0 Å². The van der Waals surface area contributed by atoms with Crippen LogP contribution in [0.15, 0.2) is 23.0 Å². The fourth-order valence-corrected chi connectivity index (χ4v) is 1.29. The van der Waals surface area contributed by atoms with Gasteiger partial charge in [-0.1, -0.05) is 5.16 Å². The number of hydrogen-bond donors (Lipinski definition) is 0. The molecule has 0 fully saturated rings. The molecule has 0 saturated carbocycles. The Morgan fingerprint density at radius 2 is 2.47 bits per heavy atom. The Morgan fingerprint density at radius 1 is 1.67 bits per heavy atom. The van der Waals surface area contributed by atoms with E-state index < -0.39 is 5.97 Å². The maximum atomic E-state index is 10.7. The first-order valence-corrected chi connectivity index (χ1v) is 4.32. The lowest BCUT2D eigenvalue weighted by Gasteiger charge is -2.02. The van der Waals surface area contributed by atoms with Gasteiger partial charge in [-0.2, -0.15) is 5.10 Å². The zero-order chi connectivity index (χ0) is 10.8. The second kappa shape index (κ2) is 3.56. The fourth-order valence-electron chi connectivity index (χ4n) is 1.29. The summed E-state index contributed by atoms with van der Waals surface area (Å²) in [6.45, 7) is 1.96. The van der Waals surface area contributed by atoms with Crippen LogP contribution in [0.5, 0.6) is 0 Å². The number of aryl methyl sites for hydroxylation is 1. The predicted molar refractivity (Wildman–Crippen MR) is 46.9 cm³/mol. The number of hydrogen-bond acceptors (Lipinski definition) is 5. The molecule has 15 heavy (non-hydrogen) atoms. The second-order valence-electron chi connectivity index (χ2n) is 3.06. The van der Waals surface area contributed by atoms with Crippen LogP contribution >= 0.6 is 0 Å². The largest absolute Gasteiger partial charge is 0.543 e. The highest BCUT2D eigenvalue weighted by Gasteiger charge is 2.13. The molecule has 0 N–H and O–H groups in total. The summed E-state index contributed by atoms with van der Waals surface area (Å²) >= 11 is 0. The molecular formula is C9H8N3O3-. The second-order valence-corrected chi connectivity index (χ2v) is 3.06. The first-order valence-electron chi connectivity index (χ1n) is 4.32. The van der Waals surface area contributed by atoms with E-state index in [-0.39, 0.29) is 5.69 Å². The Bertz CT molecular complexity index is 473. The topological polar surface area (TPSA) is 84.0 Å². The van der Waals surface area contributed by atoms with Gasteiger partial charge in [-0.15, -0.1) is 0 Å². The van der Waals surface area contributed by atoms with Gasteiger partial charge in [0, 0.05) is 18.0 Å². The number of carbonyl (C=O) groups excluding carboxylic acids is 1. The summed E-state index contributed by atoms with van der Waals surface area (Å²) in [7, 11) is 0. The quantitative estimate of drug-likeness (QED) is 0.681. The van der Waals surface area contributed by atoms with E-state index in [4.69, 9.17) is 4.52 Å². The summed E-state index contributed by atoms with van der Waals surface area (Å²) in [4.78, 5) is 10.7. The summed E-state index contributed by atoms with van der Waals surface area (Å²) in [6.07, 6.45) is 3.34. The summed E-state index contributed by atoms with van der Waals surface area (Å²) in [5, 5.41) is 18.1. The Labute approximate surface area is 85.1 Å². The fraction of sp³-hybridized carbons (Fsp3) is 0.222. The standard InChI is InChI=1S/C9H9N3O3/c1-6-7(5-12-4-2-3-10-12)8(9(13)14)11-15-6/h2-4H,5H2,1H3,(H,13,14)/p-1. The number of aromatic nitrogens is 3. The lowest BCUT2D eigenvalue weighted by atomic mass is 10.2. The molecule has 0 bridgehead atoms. The van der Waals surface area contributed by atoms with Crippen LogP contribution in [-0.2, 0) is 6.54 Å². The monoisotopic (exact) mass is 206 g/mol. The molecule has 2 rings (SSSR count). The third-order valence-corrected chi connectivity index (χ3v) is 2.06. The Kier molecular flexibility index (Phi) is 2.24. The molecular weight excluding hydrogens is 198 g/mol. The van der Waals surface area contributed by atoms with Crippen molar-refractivity contribution in [1.82, 2.24) is 14.9 Å². The molecule has 0 aliphatic heterocycles. The van der Waals surface area contributed by atoms with Gasteiger partial charge in [0.1, 0.15) is 11.5 Å². The normalized spacial score (nSPS) is 10.5. The van der Waals surface area contributed by atoms with Crippen LogP contribution in [0.25, 0.3) is 0 Å². The summed E-state index contributed by atoms with van der Waals surface area (Å²) in [5.41, 5.74) is 0.321. The third-order valence-electron chi connectivity index (χ3n) is 2.06. The highest BCUT2D eigenvalue weighted by Crippen LogP contribution is 2.13. The maximum absolute atomic E-state index is 10.7. The van der Waals surface area contributed by atoms with Gasteiger partial charge in [0.15, 0.2) is 0 Å². The minimum Gasteiger partial charge on any atom is -0.543 e. The van der Waals surface area contributed by atoms with Crippen molar-refractivity contribution in [2.45, 2.75) is 13.5 Å². The van der Waals surface area contributed by atoms with E-state index in [1.54, 1.807) is 30.1 Å². The van der Waals surface area contributed by atoms with E-state index in [2.05, 4.69) is 10.3 Å². The van der Waals surface area contributed by atoms with Gasteiger partial charge in [-0.05, 0) is 13.0 Å². The molecule has 0 radical (unpaired) electrons. The van der Waals surface area contributed by atoms with Crippen LogP contribution in [0, 0.1) is 6.92 Å². The van der Waals surface area contributed by atoms with E-state index in [1.165, 1.54) is 0 Å². The van der Waals surface area contributed by atoms with Crippen LogP contribution in [0.3, 0.4) is 0 Å². The highest BCUT2D eigenvalue weighted by molar-refractivity contribution is 5.85. The third kappa shape index (κ3) is 1.74. The maximum Gasteiger partial charge on any atom is 0.139 e. The molecule has 0 saturated heterocycles. The van der Waals surface area contributed by atoms with Gasteiger partial charge < -0.3 is 14.4 Å². The number of rotatable bonds is 3. The first kappa shape index (κ1) is 9.45. The van der Waals surface area contributed by atoms with Crippen molar-refractivity contribution in [2.24, 2.45) is 0 Å². The predicted octanol–water partition coefficient (Wildman–Crippen LogP) is -0.409. The average molecular weight is 206 g/mol. The van der Waals surface area contributed by atoms with Crippen LogP contribution in [0.1, 0.15) is 21.8 Å². The van der Waals surface area contributed by atoms with Crippen LogP contribution in [-0.4, -0.2) is 20.9 Å². The Balaban J connectivity index is 2.35. The molecule has 2 aromatic heterocycles. The van der Waals surface area contributed by atoms with Gasteiger partial charge >= 0.3 is 0 Å². The summed E-state index contributed by atoms with van der Waals surface area (Å²) in [6, 6.07) is 1.75. The van der Waals surface area contributed by atoms with Crippen molar-refractivity contribution in [3.05, 3.63) is 35.5 Å². The van der Waals surface area contributed by atoms with E-state index in [1.807, 2.05) is 0 Å². The van der Waals surface area contributed by atoms with Crippen molar-refractivity contribution in [3.8, 4) is 0 Å². The van der Waals surface area contributed by atoms with E-state index in [0.29, 0.717) is 17.9 Å². The molecule has 2 aromatic rings. The summed E-state index contributed by atoms with van der Waals surface area (Å²) < 4.78 is 6.38. The van der Waals surface area contributed by atoms with Gasteiger partial charge in [0.05, 0.1) is 12.5 Å². The summed E-state index contributed by atoms with van der Waals surface area (Å²) in [5.74, 6) is -0.876. The van der Waals surface area contributed by atoms with Crippen molar-refractivity contribution >= 4 is 5.97 Å². The van der Waals surface area contributed by atoms with Gasteiger partial charge in [0.2, 0.25) is 0 Å². The average Bonchev–Trinajstić information content (AvgIpc) is 2.78. The zero-order valence-electron chi connectivity index (χ0n) is 8.01. The molecule has 0 spiro atoms. The van der Waals surface area contributed by atoms with E-state index >= 15 is 0 Å². The molecule has 78 valence electrons. The smallest absolute Gasteiger partial charge is 0.139 e. The Morgan fingerprint density at radius 3 is 3.07 bits per heavy atom. The van der Waals surface area contributed by atoms with Crippen molar-refractivity contribution in [1.29, 1.82) is 0 Å². The molecule has 0 aromatic carbocycles. The first-order chi connectivity index (χ1) is 7.18. The van der Waals surface area contributed by atoms with Crippen molar-refractivity contribution < 1.29 is 14.4 Å². The number of aromatic carboxylic acids is 1. The molecule has 0 atom stereocenters. The minimum atomic E-state index is -1.34. The van der Waals surface area contributed by atoms with Gasteiger partial charge in [-0.3, -0.25) is 4.68 Å². The number of carbonyl (C=O) groups is 1. The molecule has 0 unspecified atom stereocenters. The van der Waals surface area contributed by atoms with Crippen molar-refractivity contribution in [2.75, 3.05) is 0 Å². The molecule has 0 aliphatic carbocycles. The SMILES string of the molecule is Cc1onc(C(=O)[O-])c1Cn1cccn1. The van der Waals surface area contributed by atoms with Gasteiger partial charge in [-0.25, -0.2) is 0 Å². The zero-order valence-corrected chi connectivity index (χ0v) is 8.01. The number of nitrogens with zero attached hydrogens (tertiary/aromatic N) is 3. The Hall–Kier alpha value is -2.11.